The van der Waals surface area contributed by atoms with Crippen molar-refractivity contribution in [3.8, 4) is 11.3 Å². The highest BCUT2D eigenvalue weighted by Gasteiger charge is 2.11. The Morgan fingerprint density at radius 2 is 1.65 bits per heavy atom. The van der Waals surface area contributed by atoms with Gasteiger partial charge in [0.05, 0.1) is 28.6 Å². The molecular weight excluding hydrogens is 246 g/mol. The van der Waals surface area contributed by atoms with Crippen molar-refractivity contribution in [1.82, 2.24) is 14.4 Å². The number of aryl methyl sites for hydroxylation is 1. The summed E-state index contributed by atoms with van der Waals surface area (Å²) < 4.78 is 2.19. The first-order valence-corrected chi connectivity index (χ1v) is 6.63. The molecule has 2 heterocycles. The molecule has 0 spiro atoms. The van der Waals surface area contributed by atoms with E-state index in [2.05, 4.69) is 32.6 Å². The number of hydrogen-bond acceptors (Lipinski definition) is 2. The average molecular weight is 259 g/mol. The van der Waals surface area contributed by atoms with Crippen molar-refractivity contribution in [2.24, 2.45) is 0 Å². The van der Waals surface area contributed by atoms with Gasteiger partial charge in [0.2, 0.25) is 0 Å². The van der Waals surface area contributed by atoms with Crippen molar-refractivity contribution < 1.29 is 0 Å². The van der Waals surface area contributed by atoms with Gasteiger partial charge in [-0.25, -0.2) is 9.97 Å². The molecule has 2 aromatic carbocycles. The number of aromatic nitrogens is 3. The molecule has 96 valence electrons. The van der Waals surface area contributed by atoms with Crippen molar-refractivity contribution in [2.75, 3.05) is 0 Å². The largest absolute Gasteiger partial charge is 0.289 e. The lowest BCUT2D eigenvalue weighted by Gasteiger charge is -2.07. The van der Waals surface area contributed by atoms with E-state index in [0.29, 0.717) is 0 Å². The quantitative estimate of drug-likeness (QED) is 0.519. The van der Waals surface area contributed by atoms with Gasteiger partial charge in [0.25, 0.3) is 0 Å². The summed E-state index contributed by atoms with van der Waals surface area (Å²) in [6.07, 6.45) is 1.92. The first-order chi connectivity index (χ1) is 9.84. The van der Waals surface area contributed by atoms with Gasteiger partial charge in [-0.3, -0.25) is 4.40 Å². The van der Waals surface area contributed by atoms with Crippen LogP contribution in [0.2, 0.25) is 0 Å². The third-order valence-corrected chi connectivity index (χ3v) is 3.57. The van der Waals surface area contributed by atoms with E-state index >= 15 is 0 Å². The molecule has 0 atom stereocenters. The lowest BCUT2D eigenvalue weighted by Crippen LogP contribution is -1.96. The van der Waals surface area contributed by atoms with E-state index in [-0.39, 0.29) is 0 Å². The normalized spacial score (nSPS) is 11.2. The fraction of sp³-hybridized carbons (Fsp3) is 0.0588. The molecule has 0 saturated heterocycles. The van der Waals surface area contributed by atoms with Crippen LogP contribution in [-0.2, 0) is 0 Å². The zero-order valence-electron chi connectivity index (χ0n) is 11.1. The summed E-state index contributed by atoms with van der Waals surface area (Å²) in [6, 6.07) is 18.5. The number of nitrogens with zero attached hydrogens (tertiary/aromatic N) is 3. The molecule has 4 aromatic rings. The van der Waals surface area contributed by atoms with Crippen molar-refractivity contribution in [1.29, 1.82) is 0 Å². The highest BCUT2D eigenvalue weighted by Crippen LogP contribution is 2.25. The lowest BCUT2D eigenvalue weighted by molar-refractivity contribution is 1.15. The second-order valence-corrected chi connectivity index (χ2v) is 4.85. The highest BCUT2D eigenvalue weighted by molar-refractivity contribution is 5.82. The molecule has 20 heavy (non-hydrogen) atoms. The molecular formula is C17H13N3. The van der Waals surface area contributed by atoms with Crippen LogP contribution >= 0.6 is 0 Å². The van der Waals surface area contributed by atoms with Crippen LogP contribution in [0.15, 0.2) is 60.8 Å². The summed E-state index contributed by atoms with van der Waals surface area (Å²) in [6.45, 7) is 2.00. The summed E-state index contributed by atoms with van der Waals surface area (Å²) in [4.78, 5) is 9.17. The fourth-order valence-corrected chi connectivity index (χ4v) is 2.64. The molecule has 4 rings (SSSR count). The molecule has 0 radical (unpaired) electrons. The van der Waals surface area contributed by atoms with Gasteiger partial charge in [-0.05, 0) is 19.1 Å². The Kier molecular flexibility index (Phi) is 2.33. The Bertz CT molecular complexity index is 907. The topological polar surface area (TPSA) is 30.2 Å². The molecule has 0 saturated carbocycles. The van der Waals surface area contributed by atoms with E-state index in [1.807, 2.05) is 49.5 Å². The molecule has 0 fully saturated rings. The van der Waals surface area contributed by atoms with Gasteiger partial charge in [0.1, 0.15) is 0 Å². The van der Waals surface area contributed by atoms with E-state index in [4.69, 9.17) is 0 Å². The maximum absolute atomic E-state index is 4.63. The smallest absolute Gasteiger partial charge is 0.159 e. The highest BCUT2D eigenvalue weighted by atomic mass is 15.0. The first-order valence-electron chi connectivity index (χ1n) is 6.63. The molecule has 2 aromatic heterocycles. The van der Waals surface area contributed by atoms with Crippen molar-refractivity contribution in [2.45, 2.75) is 6.92 Å². The third kappa shape index (κ3) is 1.53. The molecule has 3 heteroatoms. The Hall–Kier alpha value is -2.68. The summed E-state index contributed by atoms with van der Waals surface area (Å²) in [5, 5.41) is 0. The summed E-state index contributed by atoms with van der Waals surface area (Å²) >= 11 is 0. The Morgan fingerprint density at radius 1 is 0.900 bits per heavy atom. The van der Waals surface area contributed by atoms with Crippen molar-refractivity contribution in [3.05, 3.63) is 66.5 Å². The standard InChI is InChI=1S/C17H13N3/c1-12-17-18-11-16(13-7-3-2-4-8-13)20(17)15-10-6-5-9-14(15)19-12/h2-11H,1H3. The number of hydrogen-bond donors (Lipinski definition) is 0. The van der Waals surface area contributed by atoms with Crippen LogP contribution in [-0.4, -0.2) is 14.4 Å². The fourth-order valence-electron chi connectivity index (χ4n) is 2.64. The van der Waals surface area contributed by atoms with E-state index in [1.54, 1.807) is 0 Å². The van der Waals surface area contributed by atoms with E-state index in [9.17, 15) is 0 Å². The van der Waals surface area contributed by atoms with Crippen LogP contribution in [0, 0.1) is 6.92 Å². The molecule has 0 N–H and O–H groups in total. The van der Waals surface area contributed by atoms with Crippen molar-refractivity contribution >= 4 is 16.7 Å². The lowest BCUT2D eigenvalue weighted by atomic mass is 10.1. The average Bonchev–Trinajstić information content (AvgIpc) is 2.94. The Balaban J connectivity index is 2.19. The number of imidazole rings is 1. The van der Waals surface area contributed by atoms with E-state index < -0.39 is 0 Å². The third-order valence-electron chi connectivity index (χ3n) is 3.57. The summed E-state index contributed by atoms with van der Waals surface area (Å²) in [5.74, 6) is 0. The van der Waals surface area contributed by atoms with E-state index in [0.717, 1.165) is 33.6 Å². The van der Waals surface area contributed by atoms with Gasteiger partial charge >= 0.3 is 0 Å². The second kappa shape index (κ2) is 4.17. The molecule has 3 nitrogen and oxygen atoms in total. The molecule has 0 aliphatic carbocycles. The van der Waals surface area contributed by atoms with Gasteiger partial charge in [0, 0.05) is 5.56 Å². The maximum atomic E-state index is 4.63. The van der Waals surface area contributed by atoms with Crippen LogP contribution in [0.4, 0.5) is 0 Å². The van der Waals surface area contributed by atoms with Gasteiger partial charge < -0.3 is 0 Å². The molecule has 0 aliphatic rings. The minimum atomic E-state index is 0.919. The maximum Gasteiger partial charge on any atom is 0.159 e. The van der Waals surface area contributed by atoms with E-state index in [1.165, 1.54) is 0 Å². The van der Waals surface area contributed by atoms with Crippen LogP contribution < -0.4 is 0 Å². The van der Waals surface area contributed by atoms with Crippen molar-refractivity contribution in [3.63, 3.8) is 0 Å². The van der Waals surface area contributed by atoms with Gasteiger partial charge in [-0.2, -0.15) is 0 Å². The van der Waals surface area contributed by atoms with Crippen LogP contribution in [0.5, 0.6) is 0 Å². The summed E-state index contributed by atoms with van der Waals surface area (Å²) in [7, 11) is 0. The summed E-state index contributed by atoms with van der Waals surface area (Å²) in [5.41, 5.74) is 6.21. The second-order valence-electron chi connectivity index (χ2n) is 4.85. The van der Waals surface area contributed by atoms with Crippen LogP contribution in [0.1, 0.15) is 5.69 Å². The number of fused-ring (bicyclic) bond motifs is 3. The molecule has 0 bridgehead atoms. The zero-order chi connectivity index (χ0) is 13.5. The van der Waals surface area contributed by atoms with Gasteiger partial charge in [-0.1, -0.05) is 42.5 Å². The molecule has 0 aliphatic heterocycles. The Labute approximate surface area is 116 Å². The predicted molar refractivity (Wildman–Crippen MR) is 80.7 cm³/mol. The minimum absolute atomic E-state index is 0.919. The monoisotopic (exact) mass is 259 g/mol. The zero-order valence-corrected chi connectivity index (χ0v) is 11.1. The van der Waals surface area contributed by atoms with Crippen LogP contribution in [0.3, 0.4) is 0 Å². The number of benzene rings is 2. The van der Waals surface area contributed by atoms with Gasteiger partial charge in [-0.15, -0.1) is 0 Å². The SMILES string of the molecule is Cc1nc2ccccc2n2c(-c3ccccc3)cnc12. The minimum Gasteiger partial charge on any atom is -0.289 e. The number of para-hydroxylation sites is 2. The molecule has 0 unspecified atom stereocenters. The number of rotatable bonds is 1. The predicted octanol–water partition coefficient (Wildman–Crippen LogP) is 3.86. The molecule has 0 amide bonds. The Morgan fingerprint density at radius 3 is 2.50 bits per heavy atom. The van der Waals surface area contributed by atoms with Crippen LogP contribution in [0.25, 0.3) is 27.9 Å². The first kappa shape index (κ1) is 11.2. The van der Waals surface area contributed by atoms with Gasteiger partial charge in [0.15, 0.2) is 5.65 Å².